The van der Waals surface area contributed by atoms with Crippen molar-refractivity contribution in [1.29, 1.82) is 0 Å². The lowest BCUT2D eigenvalue weighted by atomic mass is 10.0. The van der Waals surface area contributed by atoms with Gasteiger partial charge in [-0.25, -0.2) is 4.98 Å². The molecule has 108 valence electrons. The molecule has 0 aromatic carbocycles. The molecule has 0 radical (unpaired) electrons. The molecule has 2 aromatic rings. The van der Waals surface area contributed by atoms with Gasteiger partial charge in [0.2, 0.25) is 0 Å². The van der Waals surface area contributed by atoms with Gasteiger partial charge >= 0.3 is 0 Å². The first-order valence-electron chi connectivity index (χ1n) is 7.22. The molecule has 4 heteroatoms. The Labute approximate surface area is 125 Å². The minimum Gasteiger partial charge on any atom is -0.293 e. The summed E-state index contributed by atoms with van der Waals surface area (Å²) in [5, 5.41) is 3.30. The molecule has 0 saturated heterocycles. The van der Waals surface area contributed by atoms with E-state index < -0.39 is 0 Å². The first-order chi connectivity index (χ1) is 9.70. The second kappa shape index (κ2) is 7.50. The molecule has 3 nitrogen and oxygen atoms in total. The number of hydrogen-bond donors (Lipinski definition) is 0. The Hall–Kier alpha value is -1.26. The second-order valence-electron chi connectivity index (χ2n) is 5.22. The van der Waals surface area contributed by atoms with E-state index in [1.54, 1.807) is 11.3 Å². The van der Waals surface area contributed by atoms with Crippen molar-refractivity contribution in [2.24, 2.45) is 0 Å². The van der Waals surface area contributed by atoms with E-state index in [1.807, 2.05) is 18.5 Å². The first kappa shape index (κ1) is 15.1. The Kier molecular flexibility index (Phi) is 5.68. The van der Waals surface area contributed by atoms with Crippen molar-refractivity contribution in [2.75, 3.05) is 7.05 Å². The maximum absolute atomic E-state index is 4.57. The van der Waals surface area contributed by atoms with Gasteiger partial charge in [0.15, 0.2) is 0 Å². The van der Waals surface area contributed by atoms with E-state index in [-0.39, 0.29) is 0 Å². The van der Waals surface area contributed by atoms with Gasteiger partial charge in [-0.3, -0.25) is 9.88 Å². The van der Waals surface area contributed by atoms with E-state index in [4.69, 9.17) is 0 Å². The number of thiazole rings is 1. The van der Waals surface area contributed by atoms with Crippen molar-refractivity contribution >= 4 is 11.3 Å². The Morgan fingerprint density at radius 3 is 2.85 bits per heavy atom. The monoisotopic (exact) mass is 289 g/mol. The predicted octanol–water partition coefficient (Wildman–Crippen LogP) is 4.21. The molecule has 0 aliphatic heterocycles. The van der Waals surface area contributed by atoms with Crippen LogP contribution in [-0.4, -0.2) is 21.9 Å². The fourth-order valence-corrected chi connectivity index (χ4v) is 3.06. The highest BCUT2D eigenvalue weighted by Gasteiger charge is 2.17. The maximum Gasteiger partial charge on any atom is 0.0897 e. The Morgan fingerprint density at radius 1 is 1.40 bits per heavy atom. The lowest BCUT2D eigenvalue weighted by Crippen LogP contribution is -2.24. The zero-order chi connectivity index (χ0) is 14.4. The standard InChI is InChI=1S/C16H23N3S/c1-4-5-8-16(14-7-6-9-17-10-14)19(3)11-15-12-20-13(2)18-15/h6-7,9-10,12,16H,4-5,8,11H2,1-3H3. The molecule has 0 aliphatic rings. The molecule has 0 bridgehead atoms. The predicted molar refractivity (Wildman–Crippen MR) is 84.8 cm³/mol. The summed E-state index contributed by atoms with van der Waals surface area (Å²) in [6, 6.07) is 4.62. The molecule has 2 rings (SSSR count). The smallest absolute Gasteiger partial charge is 0.0897 e. The van der Waals surface area contributed by atoms with Crippen LogP contribution in [0.2, 0.25) is 0 Å². The summed E-state index contributed by atoms with van der Waals surface area (Å²) in [4.78, 5) is 11.2. The van der Waals surface area contributed by atoms with E-state index in [2.05, 4.69) is 47.2 Å². The highest BCUT2D eigenvalue weighted by molar-refractivity contribution is 7.09. The number of rotatable bonds is 7. The van der Waals surface area contributed by atoms with E-state index >= 15 is 0 Å². The third-order valence-corrected chi connectivity index (χ3v) is 4.33. The van der Waals surface area contributed by atoms with Crippen LogP contribution in [0.25, 0.3) is 0 Å². The Morgan fingerprint density at radius 2 is 2.25 bits per heavy atom. The van der Waals surface area contributed by atoms with Crippen LogP contribution in [0, 0.1) is 6.92 Å². The van der Waals surface area contributed by atoms with E-state index in [1.165, 1.54) is 30.5 Å². The summed E-state index contributed by atoms with van der Waals surface area (Å²) in [7, 11) is 2.18. The van der Waals surface area contributed by atoms with Crippen LogP contribution < -0.4 is 0 Å². The summed E-state index contributed by atoms with van der Waals surface area (Å²) in [6.45, 7) is 5.20. The van der Waals surface area contributed by atoms with E-state index in [9.17, 15) is 0 Å². The molecule has 2 aromatic heterocycles. The summed E-state index contributed by atoms with van der Waals surface area (Å²) >= 11 is 1.72. The number of nitrogens with zero attached hydrogens (tertiary/aromatic N) is 3. The molecule has 2 heterocycles. The molecule has 0 amide bonds. The number of pyridine rings is 1. The van der Waals surface area contributed by atoms with Gasteiger partial charge in [0.25, 0.3) is 0 Å². The summed E-state index contributed by atoms with van der Waals surface area (Å²) in [6.07, 6.45) is 7.45. The van der Waals surface area contributed by atoms with Crippen LogP contribution >= 0.6 is 11.3 Å². The van der Waals surface area contributed by atoms with Crippen molar-refractivity contribution in [3.8, 4) is 0 Å². The molecule has 0 N–H and O–H groups in total. The van der Waals surface area contributed by atoms with Gasteiger partial charge in [0.05, 0.1) is 10.7 Å². The second-order valence-corrected chi connectivity index (χ2v) is 6.28. The molecule has 1 unspecified atom stereocenters. The fourth-order valence-electron chi connectivity index (χ4n) is 2.46. The maximum atomic E-state index is 4.57. The summed E-state index contributed by atoms with van der Waals surface area (Å²) < 4.78 is 0. The van der Waals surface area contributed by atoms with Crippen molar-refractivity contribution in [1.82, 2.24) is 14.9 Å². The lowest BCUT2D eigenvalue weighted by molar-refractivity contribution is 0.218. The topological polar surface area (TPSA) is 29.0 Å². The van der Waals surface area contributed by atoms with Gasteiger partial charge < -0.3 is 0 Å². The van der Waals surface area contributed by atoms with Gasteiger partial charge in [0.1, 0.15) is 0 Å². The Bertz CT molecular complexity index is 509. The molecular formula is C16H23N3S. The average molecular weight is 289 g/mol. The highest BCUT2D eigenvalue weighted by Crippen LogP contribution is 2.26. The quantitative estimate of drug-likeness (QED) is 0.764. The van der Waals surface area contributed by atoms with Gasteiger partial charge in [0, 0.05) is 30.4 Å². The zero-order valence-corrected chi connectivity index (χ0v) is 13.4. The van der Waals surface area contributed by atoms with Gasteiger partial charge in [-0.15, -0.1) is 11.3 Å². The summed E-state index contributed by atoms with van der Waals surface area (Å²) in [5.74, 6) is 0. The van der Waals surface area contributed by atoms with Crippen LogP contribution in [0.1, 0.15) is 48.5 Å². The minimum atomic E-state index is 0.422. The van der Waals surface area contributed by atoms with Gasteiger partial charge in [-0.1, -0.05) is 25.8 Å². The van der Waals surface area contributed by atoms with Crippen molar-refractivity contribution in [3.05, 3.63) is 46.2 Å². The largest absolute Gasteiger partial charge is 0.293 e. The molecular weight excluding hydrogens is 266 g/mol. The van der Waals surface area contributed by atoms with E-state index in [0.29, 0.717) is 6.04 Å². The Balaban J connectivity index is 2.09. The lowest BCUT2D eigenvalue weighted by Gasteiger charge is -2.27. The molecule has 0 spiro atoms. The minimum absolute atomic E-state index is 0.422. The van der Waals surface area contributed by atoms with Gasteiger partial charge in [-0.05, 0) is 32.0 Å². The molecule has 0 fully saturated rings. The molecule has 1 atom stereocenters. The number of hydrogen-bond acceptors (Lipinski definition) is 4. The summed E-state index contributed by atoms with van der Waals surface area (Å²) in [5.41, 5.74) is 2.47. The van der Waals surface area contributed by atoms with Gasteiger partial charge in [-0.2, -0.15) is 0 Å². The highest BCUT2D eigenvalue weighted by atomic mass is 32.1. The van der Waals surface area contributed by atoms with Crippen molar-refractivity contribution < 1.29 is 0 Å². The SMILES string of the molecule is CCCCC(c1cccnc1)N(C)Cc1csc(C)n1. The van der Waals surface area contributed by atoms with Crippen molar-refractivity contribution in [2.45, 2.75) is 45.7 Å². The third kappa shape index (κ3) is 4.12. The molecule has 20 heavy (non-hydrogen) atoms. The van der Waals surface area contributed by atoms with Crippen LogP contribution in [0.4, 0.5) is 0 Å². The fraction of sp³-hybridized carbons (Fsp3) is 0.500. The average Bonchev–Trinajstić information content (AvgIpc) is 2.86. The van der Waals surface area contributed by atoms with Crippen molar-refractivity contribution in [3.63, 3.8) is 0 Å². The van der Waals surface area contributed by atoms with Crippen LogP contribution in [0.3, 0.4) is 0 Å². The number of aromatic nitrogens is 2. The van der Waals surface area contributed by atoms with Crippen LogP contribution in [0.5, 0.6) is 0 Å². The zero-order valence-electron chi connectivity index (χ0n) is 12.5. The van der Waals surface area contributed by atoms with Crippen LogP contribution in [-0.2, 0) is 6.54 Å². The first-order valence-corrected chi connectivity index (χ1v) is 8.10. The molecule has 0 aliphatic carbocycles. The normalized spacial score (nSPS) is 12.8. The number of unbranched alkanes of at least 4 members (excludes halogenated alkanes) is 1. The van der Waals surface area contributed by atoms with Crippen LogP contribution in [0.15, 0.2) is 29.9 Å². The number of aryl methyl sites for hydroxylation is 1. The molecule has 0 saturated carbocycles. The third-order valence-electron chi connectivity index (χ3n) is 3.51. The van der Waals surface area contributed by atoms with E-state index in [0.717, 1.165) is 11.6 Å².